The highest BCUT2D eigenvalue weighted by Crippen LogP contribution is 2.25. The summed E-state index contributed by atoms with van der Waals surface area (Å²) in [6, 6.07) is 3.63. The van der Waals surface area contributed by atoms with Crippen LogP contribution in [-0.2, 0) is 22.6 Å². The predicted molar refractivity (Wildman–Crippen MR) is 150 cm³/mol. The van der Waals surface area contributed by atoms with Crippen LogP contribution in [0.3, 0.4) is 0 Å². The van der Waals surface area contributed by atoms with Crippen LogP contribution in [-0.4, -0.2) is 62.6 Å². The fourth-order valence-corrected chi connectivity index (χ4v) is 4.23. The minimum atomic E-state index is -1.39. The van der Waals surface area contributed by atoms with Gasteiger partial charge in [-0.25, -0.2) is 14.2 Å². The molecule has 3 amide bonds. The molecule has 0 bridgehead atoms. The van der Waals surface area contributed by atoms with Gasteiger partial charge < -0.3 is 30.2 Å². The van der Waals surface area contributed by atoms with E-state index in [4.69, 9.17) is 0 Å². The molecule has 11 nitrogen and oxygen atoms in total. The Morgan fingerprint density at radius 2 is 2.00 bits per heavy atom. The van der Waals surface area contributed by atoms with E-state index in [1.165, 1.54) is 21.6 Å². The average Bonchev–Trinajstić information content (AvgIpc) is 3.27. The molecule has 40 heavy (non-hydrogen) atoms. The van der Waals surface area contributed by atoms with Gasteiger partial charge in [0.05, 0.1) is 23.3 Å². The first-order chi connectivity index (χ1) is 18.9. The van der Waals surface area contributed by atoms with Gasteiger partial charge in [-0.1, -0.05) is 19.9 Å². The molecule has 0 aliphatic rings. The first-order valence-electron chi connectivity index (χ1n) is 12.9. The predicted octanol–water partition coefficient (Wildman–Crippen LogP) is 3.42. The summed E-state index contributed by atoms with van der Waals surface area (Å²) in [5.74, 6) is -1.06. The number of nitrogens with one attached hydrogen (secondary N) is 3. The fraction of sp³-hybridized carbons (Fsp3) is 0.393. The molecule has 0 aromatic carbocycles. The van der Waals surface area contributed by atoms with Gasteiger partial charge in [0.15, 0.2) is 0 Å². The van der Waals surface area contributed by atoms with E-state index in [-0.39, 0.29) is 42.7 Å². The molecule has 0 radical (unpaired) electrons. The van der Waals surface area contributed by atoms with Gasteiger partial charge in [0.1, 0.15) is 17.5 Å². The van der Waals surface area contributed by atoms with Crippen molar-refractivity contribution in [2.45, 2.75) is 52.6 Å². The average molecular weight is 555 g/mol. The highest BCUT2D eigenvalue weighted by Gasteiger charge is 2.22. The second-order valence-corrected chi connectivity index (χ2v) is 10.2. The topological polar surface area (TPSA) is 149 Å². The van der Waals surface area contributed by atoms with Crippen molar-refractivity contribution in [3.8, 4) is 0 Å². The largest absolute Gasteiger partial charge is 0.465 e. The van der Waals surface area contributed by atoms with Gasteiger partial charge in [-0.3, -0.25) is 14.4 Å². The molecule has 0 saturated carbocycles. The van der Waals surface area contributed by atoms with Crippen molar-refractivity contribution < 1.29 is 23.9 Å². The molecule has 1 atom stereocenters. The Bertz CT molecular complexity index is 1490. The summed E-state index contributed by atoms with van der Waals surface area (Å²) < 4.78 is 16.2. The Labute approximate surface area is 231 Å². The lowest BCUT2D eigenvalue weighted by Crippen LogP contribution is -2.44. The number of hydrogen-bond acceptors (Lipinski definition) is 5. The van der Waals surface area contributed by atoms with Gasteiger partial charge in [-0.05, 0) is 56.4 Å². The standard InChI is InChI=1S/C28H35FN6O5/c1-16(2)13-19-24(29)17(3)30-22-14-18(31-25(19)22)15-35-12-8-10-21(27(35)38)32-26(37)20(33-28(39)40)9-6-7-11-23(36)34(4)5/h7-8,10-12,14,16,20,31,33H,6,9,13,15H2,1-5H3,(H,32,37)(H,39,40)/b11-7+/t20-/m0/s1. The van der Waals surface area contributed by atoms with Crippen molar-refractivity contribution in [1.82, 2.24) is 24.8 Å². The van der Waals surface area contributed by atoms with Gasteiger partial charge in [-0.15, -0.1) is 0 Å². The van der Waals surface area contributed by atoms with Crippen LogP contribution >= 0.6 is 0 Å². The number of aromatic amines is 1. The summed E-state index contributed by atoms with van der Waals surface area (Å²) in [7, 11) is 3.20. The minimum Gasteiger partial charge on any atom is -0.465 e. The normalized spacial score (nSPS) is 12.2. The molecule has 0 unspecified atom stereocenters. The number of hydrogen-bond donors (Lipinski definition) is 4. The number of anilines is 1. The van der Waals surface area contributed by atoms with E-state index < -0.39 is 23.6 Å². The van der Waals surface area contributed by atoms with Crippen LogP contribution in [0.25, 0.3) is 11.0 Å². The third-order valence-electron chi connectivity index (χ3n) is 6.19. The Hall–Kier alpha value is -4.48. The van der Waals surface area contributed by atoms with E-state index in [2.05, 4.69) is 20.6 Å². The van der Waals surface area contributed by atoms with E-state index in [1.54, 1.807) is 45.4 Å². The lowest BCUT2D eigenvalue weighted by atomic mass is 10.0. The van der Waals surface area contributed by atoms with Crippen LogP contribution in [0.15, 0.2) is 41.3 Å². The summed E-state index contributed by atoms with van der Waals surface area (Å²) >= 11 is 0. The number of carbonyl (C=O) groups excluding carboxylic acids is 2. The third-order valence-corrected chi connectivity index (χ3v) is 6.19. The Morgan fingerprint density at radius 1 is 1.27 bits per heavy atom. The molecule has 3 aromatic heterocycles. The SMILES string of the molecule is Cc1nc2cc(Cn3cccc(NC(=O)[C@H](CC/C=C/C(=O)N(C)C)NC(=O)O)c3=O)[nH]c2c(CC(C)C)c1F. The summed E-state index contributed by atoms with van der Waals surface area (Å²) in [6.45, 7) is 5.74. The zero-order valence-electron chi connectivity index (χ0n) is 23.2. The zero-order valence-corrected chi connectivity index (χ0v) is 23.2. The number of halogens is 1. The second kappa shape index (κ2) is 13.0. The number of pyridine rings is 2. The molecule has 3 rings (SSSR count). The number of fused-ring (bicyclic) bond motifs is 1. The summed E-state index contributed by atoms with van der Waals surface area (Å²) in [4.78, 5) is 57.9. The lowest BCUT2D eigenvalue weighted by Gasteiger charge is -2.16. The molecule has 3 aromatic rings. The van der Waals surface area contributed by atoms with Crippen molar-refractivity contribution >= 4 is 34.6 Å². The van der Waals surface area contributed by atoms with Crippen LogP contribution in [0.2, 0.25) is 0 Å². The molecule has 0 spiro atoms. The van der Waals surface area contributed by atoms with Crippen molar-refractivity contribution in [1.29, 1.82) is 0 Å². The smallest absolute Gasteiger partial charge is 0.405 e. The van der Waals surface area contributed by atoms with Crippen LogP contribution in [0, 0.1) is 18.7 Å². The number of H-pyrrole nitrogens is 1. The van der Waals surface area contributed by atoms with Crippen LogP contribution in [0.4, 0.5) is 14.9 Å². The number of aryl methyl sites for hydroxylation is 1. The van der Waals surface area contributed by atoms with Gasteiger partial charge in [-0.2, -0.15) is 0 Å². The van der Waals surface area contributed by atoms with Crippen LogP contribution in [0.5, 0.6) is 0 Å². The first kappa shape index (κ1) is 30.1. The number of aromatic nitrogens is 3. The van der Waals surface area contributed by atoms with E-state index in [0.29, 0.717) is 34.4 Å². The monoisotopic (exact) mass is 554 g/mol. The van der Waals surface area contributed by atoms with E-state index in [0.717, 1.165) is 0 Å². The molecule has 214 valence electrons. The summed E-state index contributed by atoms with van der Waals surface area (Å²) in [6.07, 6.45) is 3.91. The van der Waals surface area contributed by atoms with E-state index in [1.807, 2.05) is 13.8 Å². The van der Waals surface area contributed by atoms with Crippen LogP contribution < -0.4 is 16.2 Å². The summed E-state index contributed by atoms with van der Waals surface area (Å²) in [5, 5.41) is 13.8. The third kappa shape index (κ3) is 7.55. The summed E-state index contributed by atoms with van der Waals surface area (Å²) in [5.41, 5.74) is 2.15. The van der Waals surface area contributed by atoms with Gasteiger partial charge in [0, 0.05) is 31.5 Å². The van der Waals surface area contributed by atoms with Gasteiger partial charge >= 0.3 is 6.09 Å². The number of carbonyl (C=O) groups is 3. The van der Waals surface area contributed by atoms with Crippen LogP contribution in [0.1, 0.15) is 43.6 Å². The van der Waals surface area contributed by atoms with Crippen molar-refractivity contribution in [2.24, 2.45) is 5.92 Å². The molecule has 0 aliphatic carbocycles. The van der Waals surface area contributed by atoms with E-state index in [9.17, 15) is 28.7 Å². The van der Waals surface area contributed by atoms with E-state index >= 15 is 0 Å². The molecule has 3 heterocycles. The lowest BCUT2D eigenvalue weighted by molar-refractivity contribution is -0.123. The maximum Gasteiger partial charge on any atom is 0.405 e. The van der Waals surface area contributed by atoms with Gasteiger partial charge in [0.2, 0.25) is 11.8 Å². The number of likely N-dealkylation sites (N-methyl/N-ethyl adjacent to an activating group) is 1. The minimum absolute atomic E-state index is 0.0281. The Morgan fingerprint density at radius 3 is 2.65 bits per heavy atom. The fourth-order valence-electron chi connectivity index (χ4n) is 4.23. The number of allylic oxidation sites excluding steroid dienone is 1. The number of rotatable bonds is 11. The molecule has 0 fully saturated rings. The molecule has 0 aliphatic heterocycles. The zero-order chi connectivity index (χ0) is 29.6. The van der Waals surface area contributed by atoms with Gasteiger partial charge in [0.25, 0.3) is 5.56 Å². The number of carboxylic acid groups (broad SMARTS) is 1. The molecule has 4 N–H and O–H groups in total. The second-order valence-electron chi connectivity index (χ2n) is 10.2. The molecule has 12 heteroatoms. The van der Waals surface area contributed by atoms with Crippen molar-refractivity contribution in [3.63, 3.8) is 0 Å². The number of amides is 3. The highest BCUT2D eigenvalue weighted by molar-refractivity contribution is 5.96. The van der Waals surface area contributed by atoms with Crippen molar-refractivity contribution in [2.75, 3.05) is 19.4 Å². The van der Waals surface area contributed by atoms with Crippen molar-refractivity contribution in [3.05, 3.63) is 69.7 Å². The Balaban J connectivity index is 1.79. The molecular weight excluding hydrogens is 519 g/mol. The maximum absolute atomic E-state index is 14.8. The highest BCUT2D eigenvalue weighted by atomic mass is 19.1. The molecular formula is C28H35FN6O5. The Kier molecular flexibility index (Phi) is 9.81. The number of nitrogens with zero attached hydrogens (tertiary/aromatic N) is 3. The quantitative estimate of drug-likeness (QED) is 0.267. The molecule has 0 saturated heterocycles. The first-order valence-corrected chi connectivity index (χ1v) is 12.9. The maximum atomic E-state index is 14.8.